The van der Waals surface area contributed by atoms with Gasteiger partial charge in [0.05, 0.1) is 0 Å². The van der Waals surface area contributed by atoms with Gasteiger partial charge in [0.15, 0.2) is 0 Å². The van der Waals surface area contributed by atoms with Crippen LogP contribution in [-0.2, 0) is 6.54 Å². The Bertz CT molecular complexity index is 563. The maximum atomic E-state index is 11.9. The Hall–Kier alpha value is -1.68. The van der Waals surface area contributed by atoms with Crippen molar-refractivity contribution in [3.05, 3.63) is 40.9 Å². The molecular formula is C13H12N2OS. The quantitative estimate of drug-likeness (QED) is 0.814. The highest BCUT2D eigenvalue weighted by Gasteiger charge is 2.26. The molecule has 0 saturated heterocycles. The molecule has 0 N–H and O–H groups in total. The van der Waals surface area contributed by atoms with Crippen LogP contribution in [0, 0.1) is 0 Å². The standard InChI is InChI=1S/C13H12N2OS/c1-2-15-8-10-7-9(12-14-5-6-17-12)3-4-11(10)13(15)16/h3-7H,2,8H2,1H3. The first-order valence-electron chi connectivity index (χ1n) is 5.61. The zero-order valence-electron chi connectivity index (χ0n) is 9.51. The SMILES string of the molecule is CCN1Cc2cc(-c3nccs3)ccc2C1=O. The number of benzene rings is 1. The molecule has 0 spiro atoms. The molecule has 2 aromatic rings. The van der Waals surface area contributed by atoms with Crippen molar-refractivity contribution in [2.24, 2.45) is 0 Å². The third-order valence-electron chi connectivity index (χ3n) is 3.05. The van der Waals surface area contributed by atoms with E-state index in [4.69, 9.17) is 0 Å². The van der Waals surface area contributed by atoms with Crippen molar-refractivity contribution in [3.63, 3.8) is 0 Å². The van der Waals surface area contributed by atoms with Gasteiger partial charge in [-0.25, -0.2) is 4.98 Å². The van der Waals surface area contributed by atoms with Crippen molar-refractivity contribution in [3.8, 4) is 10.6 Å². The van der Waals surface area contributed by atoms with Crippen LogP contribution in [0.5, 0.6) is 0 Å². The summed E-state index contributed by atoms with van der Waals surface area (Å²) in [5.41, 5.74) is 3.06. The van der Waals surface area contributed by atoms with Gasteiger partial charge in [-0.1, -0.05) is 6.07 Å². The average Bonchev–Trinajstić information content (AvgIpc) is 2.97. The highest BCUT2D eigenvalue weighted by molar-refractivity contribution is 7.13. The number of nitrogens with zero attached hydrogens (tertiary/aromatic N) is 2. The lowest BCUT2D eigenvalue weighted by Gasteiger charge is -2.10. The highest BCUT2D eigenvalue weighted by atomic mass is 32.1. The van der Waals surface area contributed by atoms with Crippen molar-refractivity contribution in [2.45, 2.75) is 13.5 Å². The second-order valence-electron chi connectivity index (χ2n) is 4.03. The van der Waals surface area contributed by atoms with E-state index in [1.807, 2.05) is 29.3 Å². The predicted molar refractivity (Wildman–Crippen MR) is 68.0 cm³/mol. The first-order valence-corrected chi connectivity index (χ1v) is 6.49. The molecule has 0 saturated carbocycles. The Labute approximate surface area is 104 Å². The molecule has 1 aromatic carbocycles. The van der Waals surface area contributed by atoms with Crippen LogP contribution in [0.4, 0.5) is 0 Å². The lowest BCUT2D eigenvalue weighted by molar-refractivity contribution is 0.0787. The normalized spacial score (nSPS) is 14.2. The number of rotatable bonds is 2. The third kappa shape index (κ3) is 1.65. The van der Waals surface area contributed by atoms with Crippen molar-refractivity contribution >= 4 is 17.2 Å². The third-order valence-corrected chi connectivity index (χ3v) is 3.87. The number of fused-ring (bicyclic) bond motifs is 1. The largest absolute Gasteiger partial charge is 0.335 e. The molecule has 3 rings (SSSR count). The van der Waals surface area contributed by atoms with E-state index in [1.54, 1.807) is 17.5 Å². The predicted octanol–water partition coefficient (Wildman–Crippen LogP) is 2.79. The fourth-order valence-corrected chi connectivity index (χ4v) is 2.77. The average molecular weight is 244 g/mol. The number of aromatic nitrogens is 1. The van der Waals surface area contributed by atoms with Crippen LogP contribution in [0.3, 0.4) is 0 Å². The summed E-state index contributed by atoms with van der Waals surface area (Å²) >= 11 is 1.62. The van der Waals surface area contributed by atoms with Crippen molar-refractivity contribution in [1.29, 1.82) is 0 Å². The molecule has 2 heterocycles. The van der Waals surface area contributed by atoms with Crippen LogP contribution in [0.15, 0.2) is 29.8 Å². The Balaban J connectivity index is 2.03. The molecule has 1 amide bonds. The van der Waals surface area contributed by atoms with E-state index in [1.165, 1.54) is 0 Å². The molecule has 1 aliphatic rings. The lowest BCUT2D eigenvalue weighted by Crippen LogP contribution is -2.22. The number of hydrogen-bond acceptors (Lipinski definition) is 3. The molecule has 86 valence electrons. The van der Waals surface area contributed by atoms with Gasteiger partial charge < -0.3 is 4.90 Å². The minimum atomic E-state index is 0.146. The number of thiazole rings is 1. The Kier molecular flexibility index (Phi) is 2.44. The number of carbonyl (C=O) groups is 1. The van der Waals surface area contributed by atoms with E-state index in [0.29, 0.717) is 0 Å². The van der Waals surface area contributed by atoms with Gasteiger partial charge in [-0.05, 0) is 24.6 Å². The van der Waals surface area contributed by atoms with Gasteiger partial charge in [0, 0.05) is 35.8 Å². The summed E-state index contributed by atoms with van der Waals surface area (Å²) in [6.07, 6.45) is 1.80. The van der Waals surface area contributed by atoms with E-state index in [-0.39, 0.29) is 5.91 Å². The molecule has 0 bridgehead atoms. The molecule has 0 fully saturated rings. The molecular weight excluding hydrogens is 232 g/mol. The fourth-order valence-electron chi connectivity index (χ4n) is 2.14. The Morgan fingerprint density at radius 3 is 3.06 bits per heavy atom. The molecule has 0 radical (unpaired) electrons. The van der Waals surface area contributed by atoms with Crippen molar-refractivity contribution in [1.82, 2.24) is 9.88 Å². The lowest BCUT2D eigenvalue weighted by atomic mass is 10.1. The van der Waals surface area contributed by atoms with Crippen LogP contribution in [0.1, 0.15) is 22.8 Å². The summed E-state index contributed by atoms with van der Waals surface area (Å²) in [7, 11) is 0. The molecule has 1 aliphatic heterocycles. The van der Waals surface area contributed by atoms with Gasteiger partial charge in [0.25, 0.3) is 5.91 Å². The minimum Gasteiger partial charge on any atom is -0.335 e. The second-order valence-corrected chi connectivity index (χ2v) is 4.92. The number of carbonyl (C=O) groups excluding carboxylic acids is 1. The molecule has 1 aromatic heterocycles. The molecule has 0 atom stereocenters. The van der Waals surface area contributed by atoms with Gasteiger partial charge in [0.2, 0.25) is 0 Å². The minimum absolute atomic E-state index is 0.146. The Morgan fingerprint density at radius 1 is 1.47 bits per heavy atom. The summed E-state index contributed by atoms with van der Waals surface area (Å²) in [4.78, 5) is 18.1. The van der Waals surface area contributed by atoms with E-state index < -0.39 is 0 Å². The monoisotopic (exact) mass is 244 g/mol. The first-order chi connectivity index (χ1) is 8.29. The first kappa shape index (κ1) is 10.5. The Morgan fingerprint density at radius 2 is 2.35 bits per heavy atom. The van der Waals surface area contributed by atoms with Crippen LogP contribution in [0.25, 0.3) is 10.6 Å². The van der Waals surface area contributed by atoms with Crippen LogP contribution < -0.4 is 0 Å². The molecule has 3 nitrogen and oxygen atoms in total. The molecule has 17 heavy (non-hydrogen) atoms. The fraction of sp³-hybridized carbons (Fsp3) is 0.231. The maximum absolute atomic E-state index is 11.9. The van der Waals surface area contributed by atoms with Crippen LogP contribution >= 0.6 is 11.3 Å². The van der Waals surface area contributed by atoms with Gasteiger partial charge >= 0.3 is 0 Å². The van der Waals surface area contributed by atoms with Gasteiger partial charge in [-0.15, -0.1) is 11.3 Å². The molecule has 0 aliphatic carbocycles. The summed E-state index contributed by atoms with van der Waals surface area (Å²) in [5.74, 6) is 0.146. The molecule has 4 heteroatoms. The van der Waals surface area contributed by atoms with Crippen LogP contribution in [0.2, 0.25) is 0 Å². The summed E-state index contributed by atoms with van der Waals surface area (Å²) in [6, 6.07) is 5.99. The zero-order chi connectivity index (χ0) is 11.8. The summed E-state index contributed by atoms with van der Waals surface area (Å²) < 4.78 is 0. The van der Waals surface area contributed by atoms with Gasteiger partial charge in [-0.2, -0.15) is 0 Å². The smallest absolute Gasteiger partial charge is 0.254 e. The van der Waals surface area contributed by atoms with E-state index in [9.17, 15) is 4.79 Å². The molecule has 0 unspecified atom stereocenters. The van der Waals surface area contributed by atoms with Crippen molar-refractivity contribution < 1.29 is 4.79 Å². The zero-order valence-corrected chi connectivity index (χ0v) is 10.3. The van der Waals surface area contributed by atoms with Crippen molar-refractivity contribution in [2.75, 3.05) is 6.54 Å². The van der Waals surface area contributed by atoms with Gasteiger partial charge in [-0.3, -0.25) is 4.79 Å². The maximum Gasteiger partial charge on any atom is 0.254 e. The van der Waals surface area contributed by atoms with Gasteiger partial charge in [0.1, 0.15) is 5.01 Å². The van der Waals surface area contributed by atoms with Crippen LogP contribution in [-0.4, -0.2) is 22.3 Å². The highest BCUT2D eigenvalue weighted by Crippen LogP contribution is 2.29. The number of amides is 1. The topological polar surface area (TPSA) is 33.2 Å². The van der Waals surface area contributed by atoms with E-state index in [2.05, 4.69) is 11.1 Å². The number of hydrogen-bond donors (Lipinski definition) is 0. The summed E-state index contributed by atoms with van der Waals surface area (Å²) in [6.45, 7) is 3.50. The van der Waals surface area contributed by atoms with E-state index >= 15 is 0 Å². The summed E-state index contributed by atoms with van der Waals surface area (Å²) in [5, 5.41) is 2.97. The second kappa shape index (κ2) is 3.96. The van der Waals surface area contributed by atoms with E-state index in [0.717, 1.165) is 34.8 Å².